The molecule has 1 unspecified atom stereocenters. The van der Waals surface area contributed by atoms with Crippen LogP contribution < -0.4 is 0 Å². The van der Waals surface area contributed by atoms with E-state index in [0.717, 1.165) is 0 Å². The first-order valence-electron chi connectivity index (χ1n) is 2.00. The molecule has 0 aliphatic rings. The number of hydrogen-bond acceptors (Lipinski definition) is 0. The van der Waals surface area contributed by atoms with E-state index < -0.39 is 34.6 Å². The van der Waals surface area contributed by atoms with Gasteiger partial charge in [-0.15, -0.1) is 0 Å². The minimum absolute atomic E-state index is 1.56. The van der Waals surface area contributed by atoms with Gasteiger partial charge < -0.3 is 0 Å². The molecule has 0 aliphatic carbocycles. The van der Waals surface area contributed by atoms with Crippen LogP contribution in [-0.2, 0) is 15.6 Å². The van der Waals surface area contributed by atoms with Crippen LogP contribution in [0.4, 0.5) is 29.1 Å². The summed E-state index contributed by atoms with van der Waals surface area (Å²) in [6.07, 6.45) is -8.35. The van der Waals surface area contributed by atoms with E-state index in [1.807, 2.05) is 0 Å². The van der Waals surface area contributed by atoms with Crippen LogP contribution in [0.15, 0.2) is 0 Å². The molecule has 1 atom stereocenters. The van der Waals surface area contributed by atoms with E-state index >= 15 is 0 Å². The van der Waals surface area contributed by atoms with Crippen LogP contribution in [0.5, 0.6) is 0 Å². The summed E-state index contributed by atoms with van der Waals surface area (Å²) in [5.41, 5.74) is 0. The molecule has 0 saturated carbocycles. The van der Waals surface area contributed by atoms with E-state index in [4.69, 9.17) is 0 Å². The van der Waals surface area contributed by atoms with Gasteiger partial charge in [-0.1, -0.05) is 0 Å². The van der Waals surface area contributed by atoms with Crippen LogP contribution in [-0.4, -0.2) is 19.0 Å². The molecule has 11 heavy (non-hydrogen) atoms. The molecule has 0 N–H and O–H groups in total. The predicted molar refractivity (Wildman–Crippen MR) is 19.1 cm³/mol. The van der Waals surface area contributed by atoms with Gasteiger partial charge in [-0.3, -0.25) is 0 Å². The van der Waals surface area contributed by atoms with Gasteiger partial charge in [0.25, 0.3) is 0 Å². The average Bonchev–Trinajstić information content (AvgIpc) is 1.86. The number of alkyl halides is 5. The fourth-order valence-corrected chi connectivity index (χ4v) is 0.0875. The van der Waals surface area contributed by atoms with Crippen molar-refractivity contribution < 1.29 is 44.7 Å². The van der Waals surface area contributed by atoms with Crippen molar-refractivity contribution in [2.75, 3.05) is 6.67 Å². The zero-order valence-electron chi connectivity index (χ0n) is 4.76. The summed E-state index contributed by atoms with van der Waals surface area (Å²) in [5, 5.41) is 0. The molecule has 0 bridgehead atoms. The molecule has 0 heterocycles. The first-order valence-corrected chi connectivity index (χ1v) is 2.79. The predicted octanol–water partition coefficient (Wildman–Crippen LogP) is 2.69. The summed E-state index contributed by atoms with van der Waals surface area (Å²) < 4.78 is 73.6. The van der Waals surface area contributed by atoms with Gasteiger partial charge in [0.05, 0.1) is 0 Å². The Bertz CT molecular complexity index is 80.2. The van der Waals surface area contributed by atoms with Gasteiger partial charge in [0, 0.05) is 0 Å². The van der Waals surface area contributed by atoms with E-state index in [9.17, 15) is 29.1 Å². The van der Waals surface area contributed by atoms with E-state index in [0.29, 0.717) is 0 Å². The fourth-order valence-electron chi connectivity index (χ4n) is 0.0875. The van der Waals surface area contributed by atoms with Crippen molar-refractivity contribution in [2.45, 2.75) is 12.3 Å². The Labute approximate surface area is 64.6 Å². The zero-order valence-corrected chi connectivity index (χ0v) is 5.80. The molecule has 0 amide bonds. The molecule has 0 aromatic heterocycles. The van der Waals surface area contributed by atoms with Gasteiger partial charge in [-0.05, 0) is 0 Å². The van der Waals surface area contributed by atoms with Gasteiger partial charge in [0.1, 0.15) is 6.67 Å². The summed E-state index contributed by atoms with van der Waals surface area (Å²) in [4.78, 5) is 0. The molecular formula is C3H3CoF7. The Morgan fingerprint density at radius 1 is 1.18 bits per heavy atom. The molecule has 73 valence electrons. The standard InChI is InChI=1S/C3H3F5.Co.2FH/c4-1-2(5)3(6,7)8;;;/h2H,1H2;;2*1H/q;+2;;/p-2. The fraction of sp³-hybridized carbons (Fsp3) is 1.00. The van der Waals surface area contributed by atoms with Crippen LogP contribution in [0, 0.1) is 0 Å². The monoisotopic (exact) mass is 231 g/mol. The second-order valence-corrected chi connectivity index (χ2v) is 1.36. The van der Waals surface area contributed by atoms with Gasteiger partial charge in [-0.25, -0.2) is 8.78 Å². The van der Waals surface area contributed by atoms with Gasteiger partial charge in [0.2, 0.25) is 6.17 Å². The average molecular weight is 231 g/mol. The molecule has 0 fully saturated rings. The summed E-state index contributed by atoms with van der Waals surface area (Å²) in [6.45, 7) is -2.00. The Balaban J connectivity index is 0. The molecule has 8 heteroatoms. The van der Waals surface area contributed by atoms with Crippen LogP contribution in [0.3, 0.4) is 0 Å². The van der Waals surface area contributed by atoms with Crippen molar-refractivity contribution in [3.05, 3.63) is 0 Å². The van der Waals surface area contributed by atoms with Gasteiger partial charge in [0.15, 0.2) is 0 Å². The second-order valence-electron chi connectivity index (χ2n) is 1.21. The third kappa shape index (κ3) is 10.0. The Hall–Kier alpha value is 0.0165. The molecular weight excluding hydrogens is 228 g/mol. The summed E-state index contributed by atoms with van der Waals surface area (Å²) in [5.74, 6) is 0. The maximum absolute atomic E-state index is 11.1. The summed E-state index contributed by atoms with van der Waals surface area (Å²) in [7, 11) is 0. The van der Waals surface area contributed by atoms with Crippen molar-refractivity contribution in [3.63, 3.8) is 0 Å². The van der Waals surface area contributed by atoms with Crippen molar-refractivity contribution in [1.82, 2.24) is 0 Å². The van der Waals surface area contributed by atoms with E-state index in [1.54, 1.807) is 0 Å². The maximum atomic E-state index is 11.1. The van der Waals surface area contributed by atoms with Crippen LogP contribution >= 0.6 is 0 Å². The summed E-state index contributed by atoms with van der Waals surface area (Å²) >= 11 is -1.56. The zero-order chi connectivity index (χ0) is 9.49. The third-order valence-corrected chi connectivity index (χ3v) is 0.491. The Kier molecular flexibility index (Phi) is 8.29. The van der Waals surface area contributed by atoms with Gasteiger partial charge >= 0.3 is 28.9 Å². The van der Waals surface area contributed by atoms with E-state index in [-0.39, 0.29) is 0 Å². The summed E-state index contributed by atoms with van der Waals surface area (Å²) in [6, 6.07) is 0. The molecule has 0 aliphatic heterocycles. The third-order valence-electron chi connectivity index (χ3n) is 0.491. The molecule has 0 nitrogen and oxygen atoms in total. The van der Waals surface area contributed by atoms with Crippen LogP contribution in [0.2, 0.25) is 0 Å². The number of hydrogen-bond donors (Lipinski definition) is 0. The van der Waals surface area contributed by atoms with Crippen LogP contribution in [0.1, 0.15) is 0 Å². The topological polar surface area (TPSA) is 0 Å². The van der Waals surface area contributed by atoms with Crippen molar-refractivity contribution in [2.24, 2.45) is 0 Å². The van der Waals surface area contributed by atoms with Crippen molar-refractivity contribution in [3.8, 4) is 0 Å². The SMILES string of the molecule is FCC(F)C(F)(F)F.[F][Co][F]. The van der Waals surface area contributed by atoms with Crippen molar-refractivity contribution in [1.29, 1.82) is 0 Å². The second kappa shape index (κ2) is 6.71. The molecule has 0 aromatic rings. The Morgan fingerprint density at radius 3 is 1.45 bits per heavy atom. The van der Waals surface area contributed by atoms with E-state index in [1.165, 1.54) is 0 Å². The van der Waals surface area contributed by atoms with E-state index in [2.05, 4.69) is 0 Å². The molecule has 0 rings (SSSR count). The van der Waals surface area contributed by atoms with Crippen LogP contribution in [0.25, 0.3) is 0 Å². The normalized spacial score (nSPS) is 13.7. The Morgan fingerprint density at radius 2 is 1.45 bits per heavy atom. The number of halogens is 7. The van der Waals surface area contributed by atoms with Gasteiger partial charge in [-0.2, -0.15) is 13.2 Å². The molecule has 0 aromatic carbocycles. The molecule has 0 radical (unpaired) electrons. The molecule has 0 saturated heterocycles. The quantitative estimate of drug-likeness (QED) is 0.608. The first-order chi connectivity index (χ1) is 4.90. The first kappa shape index (κ1) is 13.6. The molecule has 0 spiro atoms. The minimum atomic E-state index is -5.03. The number of rotatable bonds is 1. The van der Waals surface area contributed by atoms with Crippen molar-refractivity contribution >= 4 is 0 Å².